The molecule has 100 valence electrons. The number of thioether (sulfide) groups is 1. The molecule has 1 nitrogen and oxygen atoms in total. The van der Waals surface area contributed by atoms with E-state index in [0.29, 0.717) is 9.34 Å². The van der Waals surface area contributed by atoms with Gasteiger partial charge in [-0.2, -0.15) is 0 Å². The van der Waals surface area contributed by atoms with Crippen LogP contribution < -0.4 is 0 Å². The zero-order valence-corrected chi connectivity index (χ0v) is 13.4. The SMILES string of the molecule is S=C1N=C(c2ccc(Cl)cc2)C(c2ccc(Cl)cc2)S1. The van der Waals surface area contributed by atoms with Gasteiger partial charge in [0, 0.05) is 10.0 Å². The molecule has 0 amide bonds. The van der Waals surface area contributed by atoms with Crippen molar-refractivity contribution in [1.82, 2.24) is 0 Å². The Labute approximate surface area is 137 Å². The van der Waals surface area contributed by atoms with Crippen molar-refractivity contribution in [3.8, 4) is 0 Å². The molecule has 20 heavy (non-hydrogen) atoms. The lowest BCUT2D eigenvalue weighted by Crippen LogP contribution is -2.07. The van der Waals surface area contributed by atoms with E-state index in [0.717, 1.165) is 21.9 Å². The maximum atomic E-state index is 5.94. The summed E-state index contributed by atoms with van der Waals surface area (Å²) in [6, 6.07) is 15.5. The molecule has 2 aromatic carbocycles. The Hall–Kier alpha value is -0.870. The van der Waals surface area contributed by atoms with Crippen LogP contribution in [0, 0.1) is 0 Å². The molecule has 0 aromatic heterocycles. The summed E-state index contributed by atoms with van der Waals surface area (Å²) in [4.78, 5) is 4.50. The van der Waals surface area contributed by atoms with E-state index in [4.69, 9.17) is 35.4 Å². The molecule has 0 saturated heterocycles. The van der Waals surface area contributed by atoms with Gasteiger partial charge in [0.2, 0.25) is 0 Å². The maximum absolute atomic E-state index is 5.94. The zero-order chi connectivity index (χ0) is 14.1. The monoisotopic (exact) mass is 337 g/mol. The van der Waals surface area contributed by atoms with E-state index >= 15 is 0 Å². The number of nitrogens with zero attached hydrogens (tertiary/aromatic N) is 1. The minimum absolute atomic E-state index is 0.112. The summed E-state index contributed by atoms with van der Waals surface area (Å²) in [7, 11) is 0. The molecule has 1 heterocycles. The van der Waals surface area contributed by atoms with Crippen molar-refractivity contribution in [2.24, 2.45) is 4.99 Å². The fourth-order valence-electron chi connectivity index (χ4n) is 2.04. The normalized spacial score (nSPS) is 18.2. The lowest BCUT2D eigenvalue weighted by atomic mass is 10.0. The van der Waals surface area contributed by atoms with Crippen molar-refractivity contribution < 1.29 is 0 Å². The Morgan fingerprint density at radius 3 is 2.05 bits per heavy atom. The van der Waals surface area contributed by atoms with E-state index in [9.17, 15) is 0 Å². The fraction of sp³-hybridized carbons (Fsp3) is 0.0667. The van der Waals surface area contributed by atoms with Crippen LogP contribution in [0.5, 0.6) is 0 Å². The number of hydrogen-bond donors (Lipinski definition) is 0. The predicted octanol–water partition coefficient (Wildman–Crippen LogP) is 5.56. The molecule has 0 N–H and O–H groups in total. The van der Waals surface area contributed by atoms with Gasteiger partial charge in [0.05, 0.1) is 11.0 Å². The highest BCUT2D eigenvalue weighted by atomic mass is 35.5. The molecule has 1 aliphatic rings. The molecular weight excluding hydrogens is 329 g/mol. The number of hydrogen-bond acceptors (Lipinski definition) is 2. The Bertz CT molecular complexity index is 678. The van der Waals surface area contributed by atoms with Gasteiger partial charge >= 0.3 is 0 Å². The van der Waals surface area contributed by atoms with Crippen LogP contribution in [-0.2, 0) is 0 Å². The quantitative estimate of drug-likeness (QED) is 0.665. The molecule has 0 spiro atoms. The molecule has 0 radical (unpaired) electrons. The molecule has 2 aromatic rings. The van der Waals surface area contributed by atoms with Crippen LogP contribution >= 0.6 is 47.2 Å². The number of benzene rings is 2. The van der Waals surface area contributed by atoms with Crippen LogP contribution in [0.25, 0.3) is 0 Å². The molecule has 3 rings (SSSR count). The molecule has 0 saturated carbocycles. The lowest BCUT2D eigenvalue weighted by molar-refractivity contribution is 1.30. The van der Waals surface area contributed by atoms with Crippen LogP contribution in [0.15, 0.2) is 53.5 Å². The topological polar surface area (TPSA) is 12.4 Å². The summed E-state index contributed by atoms with van der Waals surface area (Å²) in [5.74, 6) is 0. The third-order valence-corrected chi connectivity index (χ3v) is 4.90. The van der Waals surface area contributed by atoms with Gasteiger partial charge < -0.3 is 0 Å². The minimum Gasteiger partial charge on any atom is -0.233 e. The first-order valence-electron chi connectivity index (χ1n) is 5.94. The Morgan fingerprint density at radius 2 is 1.45 bits per heavy atom. The highest BCUT2D eigenvalue weighted by Crippen LogP contribution is 2.39. The lowest BCUT2D eigenvalue weighted by Gasteiger charge is -2.12. The standard InChI is InChI=1S/C15H9Cl2NS2/c16-11-5-1-9(2-6-11)13-14(20-15(19)18-13)10-3-7-12(17)8-4-10/h1-8,14H. The summed E-state index contributed by atoms with van der Waals surface area (Å²) < 4.78 is 0.662. The van der Waals surface area contributed by atoms with Crippen molar-refractivity contribution in [2.45, 2.75) is 5.25 Å². The number of aliphatic imine (C=N–C) groups is 1. The van der Waals surface area contributed by atoms with E-state index in [2.05, 4.69) is 4.99 Å². The van der Waals surface area contributed by atoms with Crippen LogP contribution in [-0.4, -0.2) is 10.0 Å². The van der Waals surface area contributed by atoms with E-state index in [-0.39, 0.29) is 5.25 Å². The average molecular weight is 338 g/mol. The van der Waals surface area contributed by atoms with Crippen molar-refractivity contribution in [2.75, 3.05) is 0 Å². The number of thiocarbonyl (C=S) groups is 1. The Morgan fingerprint density at radius 1 is 0.900 bits per heavy atom. The van der Waals surface area contributed by atoms with Gasteiger partial charge in [-0.25, -0.2) is 4.99 Å². The summed E-state index contributed by atoms with van der Waals surface area (Å²) >= 11 is 18.7. The summed E-state index contributed by atoms with van der Waals surface area (Å²) in [6.07, 6.45) is 0. The largest absolute Gasteiger partial charge is 0.233 e. The summed E-state index contributed by atoms with van der Waals surface area (Å²) in [5, 5.41) is 1.55. The molecule has 1 unspecified atom stereocenters. The molecule has 0 aliphatic carbocycles. The van der Waals surface area contributed by atoms with Crippen LogP contribution in [0.1, 0.15) is 16.4 Å². The highest BCUT2D eigenvalue weighted by molar-refractivity contribution is 8.24. The second-order valence-corrected chi connectivity index (χ2v) is 6.93. The summed E-state index contributed by atoms with van der Waals surface area (Å²) in [5.41, 5.74) is 3.16. The van der Waals surface area contributed by atoms with Crippen molar-refractivity contribution in [3.05, 3.63) is 69.7 Å². The first-order valence-corrected chi connectivity index (χ1v) is 7.98. The smallest absolute Gasteiger partial charge is 0.161 e. The van der Waals surface area contributed by atoms with Gasteiger partial charge in [-0.05, 0) is 35.4 Å². The van der Waals surface area contributed by atoms with Gasteiger partial charge in [0.1, 0.15) is 0 Å². The number of halogens is 2. The van der Waals surface area contributed by atoms with E-state index in [1.54, 1.807) is 11.8 Å². The predicted molar refractivity (Wildman–Crippen MR) is 92.4 cm³/mol. The maximum Gasteiger partial charge on any atom is 0.161 e. The molecule has 1 aliphatic heterocycles. The first kappa shape index (κ1) is 14.1. The van der Waals surface area contributed by atoms with Crippen molar-refractivity contribution in [1.29, 1.82) is 0 Å². The first-order chi connectivity index (χ1) is 9.63. The van der Waals surface area contributed by atoms with E-state index in [1.807, 2.05) is 48.5 Å². The second-order valence-electron chi connectivity index (χ2n) is 4.32. The van der Waals surface area contributed by atoms with E-state index in [1.165, 1.54) is 0 Å². The average Bonchev–Trinajstić information content (AvgIpc) is 2.82. The Balaban J connectivity index is 1.99. The second kappa shape index (κ2) is 5.86. The molecule has 5 heteroatoms. The van der Waals surface area contributed by atoms with Gasteiger partial charge in [-0.3, -0.25) is 0 Å². The molecule has 0 bridgehead atoms. The van der Waals surface area contributed by atoms with E-state index < -0.39 is 0 Å². The van der Waals surface area contributed by atoms with Gasteiger partial charge in [-0.15, -0.1) is 0 Å². The highest BCUT2D eigenvalue weighted by Gasteiger charge is 2.28. The van der Waals surface area contributed by atoms with Crippen molar-refractivity contribution >= 4 is 57.2 Å². The summed E-state index contributed by atoms with van der Waals surface area (Å²) in [6.45, 7) is 0. The fourth-order valence-corrected chi connectivity index (χ4v) is 3.63. The molecular formula is C15H9Cl2NS2. The van der Waals surface area contributed by atoms with Crippen molar-refractivity contribution in [3.63, 3.8) is 0 Å². The molecule has 0 fully saturated rings. The van der Waals surface area contributed by atoms with Gasteiger partial charge in [-0.1, -0.05) is 71.4 Å². The van der Waals surface area contributed by atoms with Gasteiger partial charge in [0.25, 0.3) is 0 Å². The minimum atomic E-state index is 0.112. The van der Waals surface area contributed by atoms with Crippen LogP contribution in [0.3, 0.4) is 0 Å². The van der Waals surface area contributed by atoms with Crippen LogP contribution in [0.4, 0.5) is 0 Å². The Kier molecular flexibility index (Phi) is 4.13. The zero-order valence-electron chi connectivity index (χ0n) is 10.2. The third-order valence-electron chi connectivity index (χ3n) is 2.99. The number of rotatable bonds is 2. The third kappa shape index (κ3) is 2.91. The van der Waals surface area contributed by atoms with Gasteiger partial charge in [0.15, 0.2) is 4.32 Å². The van der Waals surface area contributed by atoms with Crippen LogP contribution in [0.2, 0.25) is 10.0 Å². The molecule has 1 atom stereocenters.